The van der Waals surface area contributed by atoms with Crippen molar-refractivity contribution in [1.82, 2.24) is 19.4 Å². The van der Waals surface area contributed by atoms with Crippen LogP contribution in [0.4, 0.5) is 5.82 Å². The lowest BCUT2D eigenvalue weighted by Gasteiger charge is -2.30. The van der Waals surface area contributed by atoms with Crippen LogP contribution in [0.25, 0.3) is 11.0 Å². The van der Waals surface area contributed by atoms with E-state index in [2.05, 4.69) is 28.2 Å². The zero-order chi connectivity index (χ0) is 23.8. The van der Waals surface area contributed by atoms with E-state index >= 15 is 0 Å². The van der Waals surface area contributed by atoms with E-state index in [0.29, 0.717) is 46.3 Å². The first-order chi connectivity index (χ1) is 16.5. The van der Waals surface area contributed by atoms with Gasteiger partial charge in [-0.05, 0) is 30.4 Å². The highest BCUT2D eigenvalue weighted by Crippen LogP contribution is 2.41. The number of nitrogens with one attached hydrogen (secondary N) is 1. The third kappa shape index (κ3) is 3.94. The summed E-state index contributed by atoms with van der Waals surface area (Å²) in [4.78, 5) is 33.3. The maximum Gasteiger partial charge on any atom is 0.278 e. The van der Waals surface area contributed by atoms with Crippen LogP contribution in [0.1, 0.15) is 29.3 Å². The second-order valence-electron chi connectivity index (χ2n) is 9.16. The fourth-order valence-electron chi connectivity index (χ4n) is 4.78. The van der Waals surface area contributed by atoms with Gasteiger partial charge >= 0.3 is 0 Å². The molecule has 2 aliphatic rings. The number of Topliss-reactive ketones (excluding diaryl/α,β-unsaturated/α-hetero) is 1. The highest BCUT2D eigenvalue weighted by Gasteiger charge is 2.36. The Morgan fingerprint density at radius 2 is 2.09 bits per heavy atom. The summed E-state index contributed by atoms with van der Waals surface area (Å²) in [6.07, 6.45) is 2.49. The predicted octanol–water partition coefficient (Wildman–Crippen LogP) is 2.03. The van der Waals surface area contributed by atoms with Gasteiger partial charge in [-0.15, -0.1) is 0 Å². The van der Waals surface area contributed by atoms with Gasteiger partial charge in [0.15, 0.2) is 5.78 Å². The summed E-state index contributed by atoms with van der Waals surface area (Å²) in [5.74, 6) is 2.21. The van der Waals surface area contributed by atoms with Gasteiger partial charge in [0.2, 0.25) is 0 Å². The number of ether oxygens (including phenoxy) is 1. The number of rotatable bonds is 7. The Morgan fingerprint density at radius 1 is 1.32 bits per heavy atom. The lowest BCUT2D eigenvalue weighted by atomic mass is 10.1. The Bertz CT molecular complexity index is 1350. The van der Waals surface area contributed by atoms with Crippen molar-refractivity contribution in [2.75, 3.05) is 38.2 Å². The van der Waals surface area contributed by atoms with Crippen LogP contribution in [-0.2, 0) is 13.1 Å². The number of carbonyl (C=O) groups is 1. The Hall–Kier alpha value is -3.64. The average Bonchev–Trinajstić information content (AvgIpc) is 3.46. The van der Waals surface area contributed by atoms with Crippen molar-refractivity contribution in [3.05, 3.63) is 52.1 Å². The first-order valence-electron chi connectivity index (χ1n) is 11.7. The minimum atomic E-state index is -0.299. The molecular weight excluding hydrogens is 432 g/mol. The van der Waals surface area contributed by atoms with E-state index in [1.807, 2.05) is 4.57 Å². The minimum absolute atomic E-state index is 0.134. The first kappa shape index (κ1) is 22.2. The molecule has 0 radical (unpaired) electrons. The average molecular weight is 461 g/mol. The van der Waals surface area contributed by atoms with E-state index in [1.165, 1.54) is 10.9 Å². The molecule has 34 heavy (non-hydrogen) atoms. The molecule has 5 rings (SSSR count). The van der Waals surface area contributed by atoms with Crippen molar-refractivity contribution in [3.8, 4) is 11.8 Å². The molecule has 9 heteroatoms. The number of ketones is 1. The molecule has 176 valence electrons. The molecule has 0 amide bonds. The molecular formula is C25H28N6O3. The number of hydrogen-bond acceptors (Lipinski definition) is 7. The number of piperazine rings is 1. The molecule has 1 N–H and O–H groups in total. The van der Waals surface area contributed by atoms with Crippen molar-refractivity contribution in [2.45, 2.75) is 26.4 Å². The van der Waals surface area contributed by atoms with E-state index in [1.54, 1.807) is 31.4 Å². The van der Waals surface area contributed by atoms with Gasteiger partial charge in [-0.1, -0.05) is 19.1 Å². The van der Waals surface area contributed by atoms with Gasteiger partial charge in [-0.3, -0.25) is 14.2 Å². The van der Waals surface area contributed by atoms with Crippen LogP contribution in [0, 0.1) is 23.2 Å². The highest BCUT2D eigenvalue weighted by atomic mass is 16.5. The fraction of sp³-hybridized carbons (Fsp3) is 0.440. The molecule has 2 atom stereocenters. The fourth-order valence-corrected chi connectivity index (χ4v) is 4.78. The smallest absolute Gasteiger partial charge is 0.278 e. The molecule has 9 nitrogen and oxygen atoms in total. The summed E-state index contributed by atoms with van der Waals surface area (Å²) in [6, 6.07) is 9.19. The number of methoxy groups -OCH3 is 1. The third-order valence-electron chi connectivity index (χ3n) is 6.93. The summed E-state index contributed by atoms with van der Waals surface area (Å²) >= 11 is 0. The van der Waals surface area contributed by atoms with E-state index in [-0.39, 0.29) is 17.9 Å². The Morgan fingerprint density at radius 3 is 2.76 bits per heavy atom. The van der Waals surface area contributed by atoms with Gasteiger partial charge in [-0.2, -0.15) is 5.26 Å². The van der Waals surface area contributed by atoms with E-state index in [0.717, 1.165) is 38.4 Å². The SMILES string of the molecule is COc1cccc(C(=O)Cn2cnc3c(C#N)c(N4CCNCC4)n(CC4CC4C)c3c2=O)c1. The summed E-state index contributed by atoms with van der Waals surface area (Å²) in [7, 11) is 1.55. The van der Waals surface area contributed by atoms with E-state index < -0.39 is 0 Å². The van der Waals surface area contributed by atoms with E-state index in [9.17, 15) is 14.9 Å². The monoisotopic (exact) mass is 460 g/mol. The van der Waals surface area contributed by atoms with Crippen LogP contribution in [0.3, 0.4) is 0 Å². The number of nitrogens with zero attached hydrogens (tertiary/aromatic N) is 5. The first-order valence-corrected chi connectivity index (χ1v) is 11.7. The van der Waals surface area contributed by atoms with Gasteiger partial charge in [0.1, 0.15) is 34.2 Å². The number of carbonyl (C=O) groups excluding carboxylic acids is 1. The normalized spacial score (nSPS) is 19.7. The highest BCUT2D eigenvalue weighted by molar-refractivity contribution is 5.96. The lowest BCUT2D eigenvalue weighted by Crippen LogP contribution is -2.44. The second kappa shape index (κ2) is 8.95. The maximum atomic E-state index is 13.7. The predicted molar refractivity (Wildman–Crippen MR) is 128 cm³/mol. The van der Waals surface area contributed by atoms with Crippen molar-refractivity contribution < 1.29 is 9.53 Å². The summed E-state index contributed by atoms with van der Waals surface area (Å²) in [5, 5.41) is 13.4. The molecule has 3 aromatic rings. The number of benzene rings is 1. The molecule has 2 fully saturated rings. The topological polar surface area (TPSA) is 105 Å². The largest absolute Gasteiger partial charge is 0.497 e. The second-order valence-corrected chi connectivity index (χ2v) is 9.16. The van der Waals surface area contributed by atoms with Crippen LogP contribution in [0.2, 0.25) is 0 Å². The van der Waals surface area contributed by atoms with Crippen molar-refractivity contribution >= 4 is 22.6 Å². The molecule has 0 bridgehead atoms. The molecule has 1 saturated carbocycles. The van der Waals surface area contributed by atoms with Crippen LogP contribution in [-0.4, -0.2) is 53.2 Å². The third-order valence-corrected chi connectivity index (χ3v) is 6.93. The number of nitriles is 1. The Kier molecular flexibility index (Phi) is 5.84. The molecule has 3 heterocycles. The van der Waals surface area contributed by atoms with Gasteiger partial charge in [0.25, 0.3) is 5.56 Å². The lowest BCUT2D eigenvalue weighted by molar-refractivity contribution is 0.0970. The van der Waals surface area contributed by atoms with Crippen LogP contribution >= 0.6 is 0 Å². The standard InChI is InChI=1S/C25H28N6O3/c1-16-10-18(16)13-31-23-22(20(12-26)24(31)29-8-6-27-7-9-29)28-15-30(25(23)33)14-21(32)17-4-3-5-19(11-17)34-2/h3-5,11,15-16,18,27H,6-10,13-14H2,1-2H3. The van der Waals surface area contributed by atoms with Crippen molar-refractivity contribution in [2.24, 2.45) is 11.8 Å². The maximum absolute atomic E-state index is 13.7. The summed E-state index contributed by atoms with van der Waals surface area (Å²) in [5.41, 5.74) is 1.43. The summed E-state index contributed by atoms with van der Waals surface area (Å²) < 4.78 is 8.56. The van der Waals surface area contributed by atoms with Crippen LogP contribution in [0.5, 0.6) is 5.75 Å². The molecule has 1 aliphatic heterocycles. The molecule has 1 aromatic carbocycles. The van der Waals surface area contributed by atoms with Gasteiger partial charge in [0.05, 0.1) is 20.0 Å². The zero-order valence-electron chi connectivity index (χ0n) is 19.5. The molecule has 2 unspecified atom stereocenters. The Labute approximate surface area is 197 Å². The molecule has 2 aromatic heterocycles. The summed E-state index contributed by atoms with van der Waals surface area (Å²) in [6.45, 7) is 5.89. The quantitative estimate of drug-likeness (QED) is 0.538. The molecule has 1 aliphatic carbocycles. The van der Waals surface area contributed by atoms with Crippen molar-refractivity contribution in [1.29, 1.82) is 5.26 Å². The zero-order valence-corrected chi connectivity index (χ0v) is 19.5. The van der Waals surface area contributed by atoms with Gasteiger partial charge in [0, 0.05) is 38.3 Å². The van der Waals surface area contributed by atoms with Crippen LogP contribution in [0.15, 0.2) is 35.4 Å². The number of anilines is 1. The van der Waals surface area contributed by atoms with Gasteiger partial charge in [-0.25, -0.2) is 4.98 Å². The Balaban J connectivity index is 1.60. The molecule has 0 spiro atoms. The number of aromatic nitrogens is 3. The number of hydrogen-bond donors (Lipinski definition) is 1. The van der Waals surface area contributed by atoms with Crippen LogP contribution < -0.4 is 20.5 Å². The number of fused-ring (bicyclic) bond motifs is 1. The van der Waals surface area contributed by atoms with E-state index in [4.69, 9.17) is 4.74 Å². The minimum Gasteiger partial charge on any atom is -0.497 e. The molecule has 1 saturated heterocycles. The van der Waals surface area contributed by atoms with Gasteiger partial charge < -0.3 is 19.5 Å². The van der Waals surface area contributed by atoms with Crippen molar-refractivity contribution in [3.63, 3.8) is 0 Å².